The number of carbonyl (C=O) groups excluding carboxylic acids is 2. The van der Waals surface area contributed by atoms with Gasteiger partial charge in [-0.25, -0.2) is 9.07 Å². The van der Waals surface area contributed by atoms with Crippen molar-refractivity contribution in [1.82, 2.24) is 24.8 Å². The van der Waals surface area contributed by atoms with Crippen molar-refractivity contribution < 1.29 is 14.0 Å². The summed E-state index contributed by atoms with van der Waals surface area (Å²) in [4.78, 5) is 29.0. The molecule has 1 aromatic heterocycles. The average Bonchev–Trinajstić information content (AvgIpc) is 3.16. The quantitative estimate of drug-likeness (QED) is 0.569. The number of carbonyl (C=O) groups is 2. The van der Waals surface area contributed by atoms with E-state index in [0.717, 1.165) is 10.2 Å². The third kappa shape index (κ3) is 4.23. The number of aryl methyl sites for hydroxylation is 1. The van der Waals surface area contributed by atoms with E-state index in [0.29, 0.717) is 48.7 Å². The molecular formula is C22H21BrFN5O2. The second kappa shape index (κ2) is 8.58. The Morgan fingerprint density at radius 1 is 0.968 bits per heavy atom. The van der Waals surface area contributed by atoms with Gasteiger partial charge in [0.2, 0.25) is 0 Å². The van der Waals surface area contributed by atoms with Crippen LogP contribution in [0.3, 0.4) is 0 Å². The van der Waals surface area contributed by atoms with E-state index in [9.17, 15) is 14.0 Å². The van der Waals surface area contributed by atoms with E-state index in [-0.39, 0.29) is 11.8 Å². The molecule has 2 aromatic carbocycles. The van der Waals surface area contributed by atoms with Crippen molar-refractivity contribution in [3.05, 3.63) is 75.3 Å². The van der Waals surface area contributed by atoms with Crippen molar-refractivity contribution in [2.24, 2.45) is 0 Å². The highest BCUT2D eigenvalue weighted by molar-refractivity contribution is 9.10. The van der Waals surface area contributed by atoms with E-state index in [4.69, 9.17) is 0 Å². The molecule has 1 fully saturated rings. The van der Waals surface area contributed by atoms with E-state index in [1.54, 1.807) is 40.5 Å². The van der Waals surface area contributed by atoms with Crippen LogP contribution in [0, 0.1) is 19.7 Å². The maximum atomic E-state index is 13.8. The summed E-state index contributed by atoms with van der Waals surface area (Å²) in [5, 5.41) is 8.24. The molecule has 0 atom stereocenters. The number of benzene rings is 2. The van der Waals surface area contributed by atoms with Gasteiger partial charge in [-0.05, 0) is 49.7 Å². The van der Waals surface area contributed by atoms with Gasteiger partial charge in [-0.2, -0.15) is 0 Å². The number of nitrogens with zero attached hydrogens (tertiary/aromatic N) is 5. The van der Waals surface area contributed by atoms with Crippen molar-refractivity contribution in [3.8, 4) is 5.69 Å². The lowest BCUT2D eigenvalue weighted by atomic mass is 10.1. The molecule has 0 unspecified atom stereocenters. The average molecular weight is 486 g/mol. The van der Waals surface area contributed by atoms with Crippen LogP contribution in [0.1, 0.15) is 32.1 Å². The molecule has 0 N–H and O–H groups in total. The Morgan fingerprint density at radius 2 is 1.65 bits per heavy atom. The maximum absolute atomic E-state index is 13.8. The minimum Gasteiger partial charge on any atom is -0.335 e. The van der Waals surface area contributed by atoms with E-state index in [2.05, 4.69) is 26.2 Å². The van der Waals surface area contributed by atoms with Gasteiger partial charge < -0.3 is 9.80 Å². The predicted molar refractivity (Wildman–Crippen MR) is 117 cm³/mol. The van der Waals surface area contributed by atoms with Gasteiger partial charge in [0.15, 0.2) is 5.69 Å². The number of amides is 2. The van der Waals surface area contributed by atoms with E-state index in [1.165, 1.54) is 6.07 Å². The van der Waals surface area contributed by atoms with Crippen LogP contribution >= 0.6 is 15.9 Å². The first-order valence-electron chi connectivity index (χ1n) is 9.88. The highest BCUT2D eigenvalue weighted by Crippen LogP contribution is 2.19. The summed E-state index contributed by atoms with van der Waals surface area (Å²) in [5.41, 5.74) is 2.56. The lowest BCUT2D eigenvalue weighted by Crippen LogP contribution is -2.50. The molecule has 0 saturated carbocycles. The summed E-state index contributed by atoms with van der Waals surface area (Å²) in [6.45, 7) is 4.96. The lowest BCUT2D eigenvalue weighted by Gasteiger charge is -2.34. The van der Waals surface area contributed by atoms with Gasteiger partial charge in [0.1, 0.15) is 5.82 Å². The minimum absolute atomic E-state index is 0.216. The van der Waals surface area contributed by atoms with Gasteiger partial charge in [0.25, 0.3) is 11.8 Å². The molecule has 1 saturated heterocycles. The molecule has 0 radical (unpaired) electrons. The second-order valence-electron chi connectivity index (χ2n) is 7.46. The third-order valence-electron chi connectivity index (χ3n) is 5.42. The summed E-state index contributed by atoms with van der Waals surface area (Å²) in [5.74, 6) is -0.848. The van der Waals surface area contributed by atoms with E-state index < -0.39 is 5.82 Å². The molecule has 0 spiro atoms. The minimum atomic E-state index is -0.399. The molecule has 2 heterocycles. The molecule has 31 heavy (non-hydrogen) atoms. The standard InChI is InChI=1S/C22H21BrFN5O2/c1-14-6-7-16(12-19(14)24)21(30)27-8-10-28(11-9-27)22(31)20-15(2)29(26-25-20)18-5-3-4-17(23)13-18/h3-7,12-13H,8-11H2,1-2H3. The Kier molecular flexibility index (Phi) is 5.86. The predicted octanol–water partition coefficient (Wildman–Crippen LogP) is 3.38. The van der Waals surface area contributed by atoms with Gasteiger partial charge >= 0.3 is 0 Å². The molecule has 1 aliphatic heterocycles. The molecular weight excluding hydrogens is 465 g/mol. The first-order valence-corrected chi connectivity index (χ1v) is 10.7. The van der Waals surface area contributed by atoms with Gasteiger partial charge in [-0.1, -0.05) is 33.3 Å². The van der Waals surface area contributed by atoms with Crippen molar-refractivity contribution in [1.29, 1.82) is 0 Å². The molecule has 4 rings (SSSR count). The fraction of sp³-hybridized carbons (Fsp3) is 0.273. The van der Waals surface area contributed by atoms with E-state index >= 15 is 0 Å². The van der Waals surface area contributed by atoms with Crippen LogP contribution in [0.25, 0.3) is 5.69 Å². The molecule has 7 nitrogen and oxygen atoms in total. The van der Waals surface area contributed by atoms with E-state index in [1.807, 2.05) is 24.3 Å². The van der Waals surface area contributed by atoms with Crippen molar-refractivity contribution in [2.45, 2.75) is 13.8 Å². The molecule has 0 aliphatic carbocycles. The Bertz CT molecular complexity index is 1150. The van der Waals surface area contributed by atoms with Crippen LogP contribution in [0.5, 0.6) is 0 Å². The number of aromatic nitrogens is 3. The van der Waals surface area contributed by atoms with Crippen molar-refractivity contribution >= 4 is 27.7 Å². The zero-order chi connectivity index (χ0) is 22.1. The van der Waals surface area contributed by atoms with Crippen molar-refractivity contribution in [2.75, 3.05) is 26.2 Å². The summed E-state index contributed by atoms with van der Waals surface area (Å²) >= 11 is 3.43. The Labute approximate surface area is 187 Å². The van der Waals surface area contributed by atoms with Crippen LogP contribution < -0.4 is 0 Å². The number of hydrogen-bond acceptors (Lipinski definition) is 4. The summed E-state index contributed by atoms with van der Waals surface area (Å²) < 4.78 is 16.3. The normalized spacial score (nSPS) is 14.1. The van der Waals surface area contributed by atoms with Gasteiger partial charge in [-0.15, -0.1) is 5.10 Å². The van der Waals surface area contributed by atoms with Crippen LogP contribution in [0.15, 0.2) is 46.9 Å². The fourth-order valence-corrected chi connectivity index (χ4v) is 3.94. The van der Waals surface area contributed by atoms with Crippen LogP contribution in [0.4, 0.5) is 4.39 Å². The van der Waals surface area contributed by atoms with Crippen LogP contribution in [-0.4, -0.2) is 62.8 Å². The fourth-order valence-electron chi connectivity index (χ4n) is 3.55. The van der Waals surface area contributed by atoms with Crippen molar-refractivity contribution in [3.63, 3.8) is 0 Å². The summed E-state index contributed by atoms with van der Waals surface area (Å²) in [6.07, 6.45) is 0. The second-order valence-corrected chi connectivity index (χ2v) is 8.38. The molecule has 2 amide bonds. The Hall–Kier alpha value is -3.07. The van der Waals surface area contributed by atoms with Gasteiger partial charge in [0, 0.05) is 36.2 Å². The molecule has 160 valence electrons. The number of piperazine rings is 1. The Morgan fingerprint density at radius 3 is 2.29 bits per heavy atom. The van der Waals surface area contributed by atoms with Crippen LogP contribution in [-0.2, 0) is 0 Å². The first kappa shape index (κ1) is 21.2. The number of hydrogen-bond donors (Lipinski definition) is 0. The van der Waals surface area contributed by atoms with Gasteiger partial charge in [0.05, 0.1) is 11.4 Å². The molecule has 0 bridgehead atoms. The monoisotopic (exact) mass is 485 g/mol. The summed E-state index contributed by atoms with van der Waals surface area (Å²) in [7, 11) is 0. The molecule has 1 aliphatic rings. The highest BCUT2D eigenvalue weighted by Gasteiger charge is 2.28. The first-order chi connectivity index (χ1) is 14.8. The lowest BCUT2D eigenvalue weighted by molar-refractivity contribution is 0.0531. The summed E-state index contributed by atoms with van der Waals surface area (Å²) in [6, 6.07) is 12.1. The molecule has 9 heteroatoms. The zero-order valence-electron chi connectivity index (χ0n) is 17.2. The smallest absolute Gasteiger partial charge is 0.276 e. The number of rotatable bonds is 3. The van der Waals surface area contributed by atoms with Crippen LogP contribution in [0.2, 0.25) is 0 Å². The van der Waals surface area contributed by atoms with Gasteiger partial charge in [-0.3, -0.25) is 9.59 Å². The topological polar surface area (TPSA) is 71.3 Å². The largest absolute Gasteiger partial charge is 0.335 e. The Balaban J connectivity index is 1.44. The highest BCUT2D eigenvalue weighted by atomic mass is 79.9. The number of halogens is 2. The molecule has 3 aromatic rings. The zero-order valence-corrected chi connectivity index (χ0v) is 18.8. The third-order valence-corrected chi connectivity index (χ3v) is 5.92. The SMILES string of the molecule is Cc1ccc(C(=O)N2CCN(C(=O)c3nnn(-c4cccc(Br)c4)c3C)CC2)cc1F. The maximum Gasteiger partial charge on any atom is 0.276 e.